The van der Waals surface area contributed by atoms with Gasteiger partial charge in [-0.3, -0.25) is 4.90 Å². The molecular weight excluding hydrogens is 290 g/mol. The molecule has 0 amide bonds. The zero-order valence-corrected chi connectivity index (χ0v) is 14.2. The quantitative estimate of drug-likeness (QED) is 0.794. The van der Waals surface area contributed by atoms with Gasteiger partial charge in [0.25, 0.3) is 0 Å². The third-order valence-corrected chi connectivity index (χ3v) is 5.52. The van der Waals surface area contributed by atoms with Crippen LogP contribution in [0.1, 0.15) is 55.0 Å². The van der Waals surface area contributed by atoms with Crippen LogP contribution in [-0.4, -0.2) is 39.4 Å². The number of fused-ring (bicyclic) bond motifs is 3. The van der Waals surface area contributed by atoms with Crippen LogP contribution in [0, 0.1) is 11.8 Å². The standard InChI is InChI=1S/C19H29NO3/c1-12(2)5-14-9-20-4-3-13-6-15(10-21)16(11-22)7-17(13)18(20)8-19(14)23/h6-7,12,14,18-19,21-23H,3-5,8-11H2,1-2H3/t14-,18-,19+/m0/s1. The molecule has 2 heterocycles. The van der Waals surface area contributed by atoms with Gasteiger partial charge in [0.05, 0.1) is 19.3 Å². The summed E-state index contributed by atoms with van der Waals surface area (Å²) in [6.07, 6.45) is 2.57. The third-order valence-electron chi connectivity index (χ3n) is 5.52. The highest BCUT2D eigenvalue weighted by Crippen LogP contribution is 2.40. The molecule has 1 aromatic carbocycles. The lowest BCUT2D eigenvalue weighted by atomic mass is 9.78. The van der Waals surface area contributed by atoms with E-state index < -0.39 is 0 Å². The summed E-state index contributed by atoms with van der Waals surface area (Å²) >= 11 is 0. The van der Waals surface area contributed by atoms with E-state index in [1.54, 1.807) is 0 Å². The van der Waals surface area contributed by atoms with Gasteiger partial charge in [0.1, 0.15) is 0 Å². The number of aliphatic hydroxyl groups excluding tert-OH is 3. The first-order valence-electron chi connectivity index (χ1n) is 8.81. The summed E-state index contributed by atoms with van der Waals surface area (Å²) in [5.41, 5.74) is 4.14. The van der Waals surface area contributed by atoms with Gasteiger partial charge >= 0.3 is 0 Å². The lowest BCUT2D eigenvalue weighted by Crippen LogP contribution is -2.48. The summed E-state index contributed by atoms with van der Waals surface area (Å²) in [4.78, 5) is 2.50. The minimum absolute atomic E-state index is 0.0311. The van der Waals surface area contributed by atoms with Crippen LogP contribution in [0.3, 0.4) is 0 Å². The van der Waals surface area contributed by atoms with Crippen LogP contribution in [0.5, 0.6) is 0 Å². The van der Waals surface area contributed by atoms with Crippen LogP contribution in [0.25, 0.3) is 0 Å². The second-order valence-corrected chi connectivity index (χ2v) is 7.59. The summed E-state index contributed by atoms with van der Waals surface area (Å²) in [5.74, 6) is 0.971. The van der Waals surface area contributed by atoms with Crippen LogP contribution in [-0.2, 0) is 19.6 Å². The highest BCUT2D eigenvalue weighted by Gasteiger charge is 2.38. The molecule has 1 aromatic rings. The molecule has 0 aliphatic carbocycles. The summed E-state index contributed by atoms with van der Waals surface area (Å²) in [6, 6.07) is 4.34. The van der Waals surface area contributed by atoms with E-state index >= 15 is 0 Å². The van der Waals surface area contributed by atoms with Crippen molar-refractivity contribution in [1.82, 2.24) is 4.90 Å². The Morgan fingerprint density at radius 2 is 1.87 bits per heavy atom. The minimum atomic E-state index is -0.250. The van der Waals surface area contributed by atoms with Gasteiger partial charge in [-0.1, -0.05) is 26.0 Å². The monoisotopic (exact) mass is 319 g/mol. The zero-order valence-electron chi connectivity index (χ0n) is 14.2. The van der Waals surface area contributed by atoms with Gasteiger partial charge in [-0.15, -0.1) is 0 Å². The number of piperidine rings is 1. The molecule has 3 atom stereocenters. The highest BCUT2D eigenvalue weighted by molar-refractivity contribution is 5.41. The van der Waals surface area contributed by atoms with Gasteiger partial charge in [0.2, 0.25) is 0 Å². The largest absolute Gasteiger partial charge is 0.393 e. The Morgan fingerprint density at radius 1 is 1.17 bits per heavy atom. The number of hydrogen-bond donors (Lipinski definition) is 3. The zero-order chi connectivity index (χ0) is 16.6. The van der Waals surface area contributed by atoms with Gasteiger partial charge in [-0.05, 0) is 53.4 Å². The number of aliphatic hydroxyl groups is 3. The number of rotatable bonds is 4. The van der Waals surface area contributed by atoms with E-state index in [-0.39, 0.29) is 25.4 Å². The smallest absolute Gasteiger partial charge is 0.0685 e. The van der Waals surface area contributed by atoms with Crippen molar-refractivity contribution < 1.29 is 15.3 Å². The Bertz CT molecular complexity index is 558. The van der Waals surface area contributed by atoms with Gasteiger partial charge in [0.15, 0.2) is 0 Å². The van der Waals surface area contributed by atoms with E-state index in [2.05, 4.69) is 18.7 Å². The molecule has 0 spiro atoms. The Labute approximate surface area is 138 Å². The van der Waals surface area contributed by atoms with E-state index in [0.717, 1.165) is 43.5 Å². The Balaban J connectivity index is 1.87. The first-order valence-corrected chi connectivity index (χ1v) is 8.81. The van der Waals surface area contributed by atoms with Crippen LogP contribution >= 0.6 is 0 Å². The van der Waals surface area contributed by atoms with E-state index in [9.17, 15) is 15.3 Å². The summed E-state index contributed by atoms with van der Waals surface area (Å²) in [6.45, 7) is 6.33. The fraction of sp³-hybridized carbons (Fsp3) is 0.684. The molecule has 128 valence electrons. The topological polar surface area (TPSA) is 63.9 Å². The minimum Gasteiger partial charge on any atom is -0.393 e. The Hall–Kier alpha value is -0.940. The predicted molar refractivity (Wildman–Crippen MR) is 89.9 cm³/mol. The molecule has 1 fully saturated rings. The molecule has 0 bridgehead atoms. The Kier molecular flexibility index (Phi) is 5.07. The van der Waals surface area contributed by atoms with Crippen molar-refractivity contribution in [1.29, 1.82) is 0 Å². The van der Waals surface area contributed by atoms with Crippen molar-refractivity contribution in [2.75, 3.05) is 13.1 Å². The van der Waals surface area contributed by atoms with Crippen molar-refractivity contribution in [2.24, 2.45) is 11.8 Å². The van der Waals surface area contributed by atoms with E-state index in [1.807, 2.05) is 12.1 Å². The fourth-order valence-corrected chi connectivity index (χ4v) is 4.37. The van der Waals surface area contributed by atoms with Gasteiger partial charge in [0, 0.05) is 19.1 Å². The highest BCUT2D eigenvalue weighted by atomic mass is 16.3. The van der Waals surface area contributed by atoms with Crippen molar-refractivity contribution in [3.05, 3.63) is 34.4 Å². The predicted octanol–water partition coefficient (Wildman–Crippen LogP) is 2.00. The average molecular weight is 319 g/mol. The van der Waals surface area contributed by atoms with Crippen molar-refractivity contribution in [2.45, 2.75) is 58.5 Å². The van der Waals surface area contributed by atoms with Crippen molar-refractivity contribution >= 4 is 0 Å². The number of nitrogens with zero attached hydrogens (tertiary/aromatic N) is 1. The van der Waals surface area contributed by atoms with Gasteiger partial charge in [-0.25, -0.2) is 0 Å². The second kappa shape index (κ2) is 6.89. The van der Waals surface area contributed by atoms with E-state index in [0.29, 0.717) is 11.8 Å². The third kappa shape index (κ3) is 3.31. The molecule has 23 heavy (non-hydrogen) atoms. The molecule has 3 N–H and O–H groups in total. The van der Waals surface area contributed by atoms with Crippen LogP contribution in [0.15, 0.2) is 12.1 Å². The molecule has 1 saturated heterocycles. The maximum atomic E-state index is 10.6. The maximum absolute atomic E-state index is 10.6. The Morgan fingerprint density at radius 3 is 2.52 bits per heavy atom. The molecule has 4 heteroatoms. The molecule has 2 aliphatic heterocycles. The number of hydrogen-bond acceptors (Lipinski definition) is 4. The summed E-state index contributed by atoms with van der Waals surface area (Å²) in [5, 5.41) is 29.6. The van der Waals surface area contributed by atoms with Crippen LogP contribution < -0.4 is 0 Å². The lowest BCUT2D eigenvalue weighted by Gasteiger charge is -2.46. The first-order chi connectivity index (χ1) is 11.0. The molecule has 0 radical (unpaired) electrons. The van der Waals surface area contributed by atoms with E-state index in [4.69, 9.17) is 0 Å². The van der Waals surface area contributed by atoms with Gasteiger partial charge in [-0.2, -0.15) is 0 Å². The maximum Gasteiger partial charge on any atom is 0.0685 e. The van der Waals surface area contributed by atoms with Crippen molar-refractivity contribution in [3.8, 4) is 0 Å². The van der Waals surface area contributed by atoms with E-state index in [1.165, 1.54) is 11.1 Å². The molecule has 0 aromatic heterocycles. The SMILES string of the molecule is CC(C)C[C@H]1CN2CCc3cc(CO)c(CO)cc3[C@@H]2C[C@H]1O. The van der Waals surface area contributed by atoms with Crippen LogP contribution in [0.4, 0.5) is 0 Å². The molecular formula is C19H29NO3. The summed E-state index contributed by atoms with van der Waals surface area (Å²) < 4.78 is 0. The second-order valence-electron chi connectivity index (χ2n) is 7.59. The molecule has 2 aliphatic rings. The number of benzene rings is 1. The summed E-state index contributed by atoms with van der Waals surface area (Å²) in [7, 11) is 0. The van der Waals surface area contributed by atoms with Crippen molar-refractivity contribution in [3.63, 3.8) is 0 Å². The molecule has 0 saturated carbocycles. The molecule has 4 nitrogen and oxygen atoms in total. The molecule has 3 rings (SSSR count). The average Bonchev–Trinajstić information content (AvgIpc) is 2.53. The fourth-order valence-electron chi connectivity index (χ4n) is 4.37. The normalized spacial score (nSPS) is 27.8. The van der Waals surface area contributed by atoms with Crippen LogP contribution in [0.2, 0.25) is 0 Å². The molecule has 0 unspecified atom stereocenters. The van der Waals surface area contributed by atoms with Gasteiger partial charge < -0.3 is 15.3 Å². The lowest BCUT2D eigenvalue weighted by molar-refractivity contribution is -0.0191. The first kappa shape index (κ1) is 16.9.